The van der Waals surface area contributed by atoms with Crippen molar-refractivity contribution in [3.63, 3.8) is 0 Å². The van der Waals surface area contributed by atoms with Crippen molar-refractivity contribution in [1.29, 1.82) is 0 Å². The van der Waals surface area contributed by atoms with Gasteiger partial charge in [-0.3, -0.25) is 40.5 Å². The van der Waals surface area contributed by atoms with E-state index in [0.717, 1.165) is 61.5 Å². The van der Waals surface area contributed by atoms with Crippen LogP contribution in [0, 0.1) is 40.5 Å². The molecule has 0 saturated heterocycles. The first-order valence-corrected chi connectivity index (χ1v) is 41.9. The van der Waals surface area contributed by atoms with Crippen molar-refractivity contribution in [2.24, 2.45) is 0 Å². The molecule has 10 rings (SSSR count). The molecule has 8 aromatic rings. The molecule has 20 nitrogen and oxygen atoms in total. The molecule has 0 saturated carbocycles. The largest absolute Gasteiger partial charge is 0.493 e. The lowest BCUT2D eigenvalue weighted by atomic mass is 9.79. The number of non-ortho nitro benzene ring substituents is 4. The summed E-state index contributed by atoms with van der Waals surface area (Å²) < 4.78 is 51.6. The van der Waals surface area contributed by atoms with Gasteiger partial charge in [-0.15, -0.1) is 0 Å². The zero-order valence-corrected chi connectivity index (χ0v) is 72.4. The molecule has 0 N–H and O–H groups in total. The Kier molecular flexibility index (Phi) is 33.3. The van der Waals surface area contributed by atoms with E-state index in [1.54, 1.807) is 0 Å². The molecule has 20 heteroatoms. The van der Waals surface area contributed by atoms with Gasteiger partial charge in [-0.25, -0.2) is 0 Å². The van der Waals surface area contributed by atoms with Crippen LogP contribution in [0.1, 0.15) is 317 Å². The molecule has 2 aliphatic carbocycles. The van der Waals surface area contributed by atoms with Crippen molar-refractivity contribution >= 4 is 22.7 Å². The van der Waals surface area contributed by atoms with Gasteiger partial charge in [-0.05, 0) is 148 Å². The van der Waals surface area contributed by atoms with Crippen molar-refractivity contribution in [2.75, 3.05) is 52.9 Å². The topological polar surface area (TPSA) is 246 Å². The Bertz CT molecular complexity index is 4820. The minimum absolute atomic E-state index is 0. The number of fused-ring (bicyclic) bond motifs is 4. The standard InChI is InChI=1S/C56H80O4.C40H44N4O12.2CH4/c1-17-23-57-49-22-21-42(53(5,6)7)29-37(49)27-38-30-43(54(8,9)10)31-39(50(38)58-24-18-2)28-40-32-44(55(11,12)13)35-47(51(40)59-25-19-3)46-34-41-33-45(56(14,15)16)36-48(46)52(41)60-26-20-4;1-5-11-53-37-10-9-30(41(45)46)17-25(37)15-26-18-31(42(47)48)19-27(38(26)54-12-6-2)16-28-20-32(43(49)50)23-35(39(28)55-13-7-3)34-22-29-21-33(44(51)52)24-36(34)40(29)56-14-8-4;;/h21-22,29-33,35-36,46H,17-20,23-28,34H2,1-16H3;9-10,17-21,23-24,34H,5-8,11-16,22H2,1-4H3;2*1H4. The maximum absolute atomic E-state index is 12.5. The highest BCUT2D eigenvalue weighted by Gasteiger charge is 2.39. The smallest absolute Gasteiger partial charge is 0.270 e. The third-order valence-electron chi connectivity index (χ3n) is 21.1. The Morgan fingerprint density at radius 2 is 0.534 bits per heavy atom. The Morgan fingerprint density at radius 1 is 0.280 bits per heavy atom. The summed E-state index contributed by atoms with van der Waals surface area (Å²) in [4.78, 5) is 46.5. The van der Waals surface area contributed by atoms with Gasteiger partial charge in [0.15, 0.2) is 0 Å². The predicted molar refractivity (Wildman–Crippen MR) is 475 cm³/mol. The number of nitrogens with zero attached hydrogens (tertiary/aromatic N) is 4. The first-order valence-electron chi connectivity index (χ1n) is 41.9. The van der Waals surface area contributed by atoms with Crippen LogP contribution < -0.4 is 37.9 Å². The van der Waals surface area contributed by atoms with Crippen LogP contribution in [0.2, 0.25) is 0 Å². The maximum atomic E-state index is 12.5. The highest BCUT2D eigenvalue weighted by atomic mass is 16.6. The Balaban J connectivity index is 0.000000321. The fourth-order valence-corrected chi connectivity index (χ4v) is 15.1. The average molecular weight is 1620 g/mol. The molecule has 0 radical (unpaired) electrons. The third-order valence-corrected chi connectivity index (χ3v) is 21.1. The quantitative estimate of drug-likeness (QED) is 0.0258. The van der Waals surface area contributed by atoms with Crippen LogP contribution in [0.25, 0.3) is 0 Å². The third kappa shape index (κ3) is 23.2. The van der Waals surface area contributed by atoms with Crippen LogP contribution in [0.15, 0.2) is 109 Å². The summed E-state index contributed by atoms with van der Waals surface area (Å²) in [5.41, 5.74) is 16.1. The minimum atomic E-state index is -0.594. The summed E-state index contributed by atoms with van der Waals surface area (Å²) in [6, 6.07) is 34.0. The summed E-state index contributed by atoms with van der Waals surface area (Å²) >= 11 is 0. The Hall–Kier alpha value is -10.2. The molecule has 2 unspecified atom stereocenters. The molecule has 0 aliphatic heterocycles. The van der Waals surface area contributed by atoms with Gasteiger partial charge in [0.25, 0.3) is 22.7 Å². The number of nitro groups is 4. The lowest BCUT2D eigenvalue weighted by Gasteiger charge is -2.28. The van der Waals surface area contributed by atoms with Gasteiger partial charge >= 0.3 is 0 Å². The molecular formula is C98H132N4O16. The molecule has 0 aromatic heterocycles. The van der Waals surface area contributed by atoms with E-state index in [4.69, 9.17) is 37.9 Å². The second-order valence-corrected chi connectivity index (χ2v) is 35.0. The van der Waals surface area contributed by atoms with E-state index in [2.05, 4.69) is 165 Å². The van der Waals surface area contributed by atoms with Gasteiger partial charge in [-0.2, -0.15) is 0 Å². The number of hydrogen-bond donors (Lipinski definition) is 0. The van der Waals surface area contributed by atoms with Gasteiger partial charge in [0, 0.05) is 136 Å². The molecule has 0 amide bonds. The van der Waals surface area contributed by atoms with Gasteiger partial charge in [0.1, 0.15) is 46.0 Å². The Morgan fingerprint density at radius 3 is 0.924 bits per heavy atom. The normalized spacial score (nSPS) is 13.5. The van der Waals surface area contributed by atoms with Crippen LogP contribution in [0.5, 0.6) is 46.0 Å². The fourth-order valence-electron chi connectivity index (χ4n) is 15.1. The number of hydrogen-bond acceptors (Lipinski definition) is 16. The number of ether oxygens (including phenoxy) is 8. The van der Waals surface area contributed by atoms with Crippen LogP contribution in [0.4, 0.5) is 22.7 Å². The summed E-state index contributed by atoms with van der Waals surface area (Å²) in [5.74, 6) is 5.09. The monoisotopic (exact) mass is 1620 g/mol. The molecule has 0 spiro atoms. The van der Waals surface area contributed by atoms with Crippen LogP contribution in [-0.2, 0) is 60.2 Å². The lowest BCUT2D eigenvalue weighted by Crippen LogP contribution is -2.17. The van der Waals surface area contributed by atoms with E-state index in [1.165, 1.54) is 116 Å². The zero-order valence-electron chi connectivity index (χ0n) is 72.4. The fraction of sp³-hybridized carbons (Fsp3) is 0.510. The highest BCUT2D eigenvalue weighted by Crippen LogP contribution is 2.54. The van der Waals surface area contributed by atoms with Crippen molar-refractivity contribution < 1.29 is 57.6 Å². The molecule has 4 bridgehead atoms. The summed E-state index contributed by atoms with van der Waals surface area (Å²) in [6.07, 6.45) is 8.80. The molecule has 2 aliphatic rings. The average Bonchev–Trinajstić information content (AvgIpc) is 1.59. The Labute approximate surface area is 702 Å². The summed E-state index contributed by atoms with van der Waals surface area (Å²) in [5, 5.41) is 48.6. The first-order chi connectivity index (χ1) is 55.0. The van der Waals surface area contributed by atoms with Crippen molar-refractivity contribution in [1.82, 2.24) is 0 Å². The minimum Gasteiger partial charge on any atom is -0.493 e. The van der Waals surface area contributed by atoms with Gasteiger partial charge in [0.2, 0.25) is 0 Å². The number of nitro benzene ring substituents is 4. The highest BCUT2D eigenvalue weighted by molar-refractivity contribution is 5.67. The number of benzene rings is 8. The molecule has 0 heterocycles. The summed E-state index contributed by atoms with van der Waals surface area (Å²) in [6.45, 7) is 48.1. The van der Waals surface area contributed by atoms with Crippen molar-refractivity contribution in [3.05, 3.63) is 250 Å². The van der Waals surface area contributed by atoms with Gasteiger partial charge < -0.3 is 37.9 Å². The van der Waals surface area contributed by atoms with E-state index >= 15 is 0 Å². The van der Waals surface area contributed by atoms with Gasteiger partial charge in [-0.1, -0.05) is 202 Å². The molecular weight excluding hydrogens is 1490 g/mol. The molecule has 8 aromatic carbocycles. The molecule has 640 valence electrons. The van der Waals surface area contributed by atoms with E-state index in [1.807, 2.05) is 27.7 Å². The van der Waals surface area contributed by atoms with Crippen molar-refractivity contribution in [2.45, 2.75) is 277 Å². The van der Waals surface area contributed by atoms with E-state index in [0.29, 0.717) is 134 Å². The zero-order chi connectivity index (χ0) is 84.7. The predicted octanol–water partition coefficient (Wildman–Crippen LogP) is 25.5. The van der Waals surface area contributed by atoms with Crippen LogP contribution in [-0.4, -0.2) is 72.5 Å². The van der Waals surface area contributed by atoms with E-state index < -0.39 is 25.6 Å². The molecule has 0 fully saturated rings. The van der Waals surface area contributed by atoms with Crippen LogP contribution in [0.3, 0.4) is 0 Å². The van der Waals surface area contributed by atoms with E-state index in [9.17, 15) is 40.5 Å². The van der Waals surface area contributed by atoms with Crippen molar-refractivity contribution in [3.8, 4) is 46.0 Å². The first kappa shape index (κ1) is 94.9. The SMILES string of the molecule is C.C.CCCOc1ccc(C(C)(C)C)cc1Cc1cc(C(C)(C)C)cc(Cc2cc(C(C)(C)C)cc(C3Cc4cc(C(C)(C)C)cc3c4OCCC)c2OCCC)c1OCCC.CCCOc1ccc([N+](=O)[O-])cc1Cc1cc([N+](=O)[O-])cc(Cc2cc([N+](=O)[O-])cc(C3Cc4cc([N+](=O)[O-])cc3c4OCCC)c2OCCC)c1OCCC. The molecule has 2 atom stereocenters. The second-order valence-electron chi connectivity index (χ2n) is 35.0. The lowest BCUT2D eigenvalue weighted by molar-refractivity contribution is -0.385. The summed E-state index contributed by atoms with van der Waals surface area (Å²) in [7, 11) is 0. The van der Waals surface area contributed by atoms with Gasteiger partial charge in [0.05, 0.1) is 72.5 Å². The second kappa shape index (κ2) is 41.4. The maximum Gasteiger partial charge on any atom is 0.270 e. The van der Waals surface area contributed by atoms with Crippen LogP contribution >= 0.6 is 0 Å². The van der Waals surface area contributed by atoms with E-state index in [-0.39, 0.29) is 97.7 Å². The number of rotatable bonds is 38. The molecule has 118 heavy (non-hydrogen) atoms.